The van der Waals surface area contributed by atoms with Gasteiger partial charge in [0.1, 0.15) is 11.8 Å². The molecule has 1 aliphatic heterocycles. The van der Waals surface area contributed by atoms with Crippen LogP contribution in [0.5, 0.6) is 5.75 Å². The predicted molar refractivity (Wildman–Crippen MR) is 142 cm³/mol. The normalized spacial score (nSPS) is 14.9. The van der Waals surface area contributed by atoms with Crippen molar-refractivity contribution in [3.8, 4) is 5.75 Å². The lowest BCUT2D eigenvalue weighted by Gasteiger charge is -2.29. The molecule has 2 heterocycles. The highest BCUT2D eigenvalue weighted by Gasteiger charge is 2.36. The Bertz CT molecular complexity index is 1250. The number of ether oxygens (including phenoxy) is 1. The first kappa shape index (κ1) is 24.9. The quantitative estimate of drug-likeness (QED) is 0.351. The molecular formula is C27H33N5O2S. The van der Waals surface area contributed by atoms with Crippen molar-refractivity contribution in [3.63, 3.8) is 0 Å². The number of carbonyl (C=O) groups is 1. The summed E-state index contributed by atoms with van der Waals surface area (Å²) in [6.45, 7) is 10.8. The van der Waals surface area contributed by atoms with Crippen LogP contribution in [0.2, 0.25) is 0 Å². The Morgan fingerprint density at radius 2 is 1.94 bits per heavy atom. The number of thioether (sulfide) groups is 1. The number of carbonyl (C=O) groups excluding carboxylic acids is 1. The number of fused-ring (bicyclic) bond motifs is 1. The van der Waals surface area contributed by atoms with Gasteiger partial charge in [-0.2, -0.15) is 4.98 Å². The molecule has 1 atom stereocenters. The number of benzene rings is 2. The zero-order valence-electron chi connectivity index (χ0n) is 21.0. The molecule has 0 fully saturated rings. The number of amides is 1. The van der Waals surface area contributed by atoms with E-state index in [1.54, 1.807) is 11.8 Å². The summed E-state index contributed by atoms with van der Waals surface area (Å²) in [5, 5.41) is 11.9. The van der Waals surface area contributed by atoms with Crippen molar-refractivity contribution in [1.29, 1.82) is 0 Å². The maximum atomic E-state index is 13.8. The van der Waals surface area contributed by atoms with Gasteiger partial charge >= 0.3 is 0 Å². The molecule has 0 bridgehead atoms. The Morgan fingerprint density at radius 3 is 2.69 bits per heavy atom. The van der Waals surface area contributed by atoms with Crippen molar-refractivity contribution >= 4 is 29.3 Å². The maximum absolute atomic E-state index is 13.8. The lowest BCUT2D eigenvalue weighted by Crippen LogP contribution is -2.32. The van der Waals surface area contributed by atoms with Crippen LogP contribution in [0.4, 0.5) is 11.6 Å². The third-order valence-electron chi connectivity index (χ3n) is 5.82. The Balaban J connectivity index is 1.79. The first-order valence-electron chi connectivity index (χ1n) is 12.1. The average Bonchev–Trinajstić information content (AvgIpc) is 3.24. The number of hydrogen-bond donors (Lipinski definition) is 2. The Labute approximate surface area is 211 Å². The Kier molecular flexibility index (Phi) is 7.80. The number of nitrogens with zero attached hydrogens (tertiary/aromatic N) is 3. The summed E-state index contributed by atoms with van der Waals surface area (Å²) in [6, 6.07) is 13.4. The molecule has 35 heavy (non-hydrogen) atoms. The molecule has 8 heteroatoms. The van der Waals surface area contributed by atoms with E-state index < -0.39 is 6.04 Å². The molecular weight excluding hydrogens is 458 g/mol. The second-order valence-electron chi connectivity index (χ2n) is 8.74. The highest BCUT2D eigenvalue weighted by atomic mass is 32.2. The van der Waals surface area contributed by atoms with Gasteiger partial charge in [0.15, 0.2) is 0 Å². The van der Waals surface area contributed by atoms with Crippen molar-refractivity contribution < 1.29 is 9.53 Å². The summed E-state index contributed by atoms with van der Waals surface area (Å²) in [4.78, 5) is 18.5. The smallest absolute Gasteiger partial charge is 0.255 e. The van der Waals surface area contributed by atoms with Gasteiger partial charge in [-0.25, -0.2) is 4.68 Å². The van der Waals surface area contributed by atoms with Gasteiger partial charge < -0.3 is 15.4 Å². The molecule has 0 radical (unpaired) electrons. The van der Waals surface area contributed by atoms with E-state index >= 15 is 0 Å². The fourth-order valence-electron chi connectivity index (χ4n) is 4.16. The number of hydrogen-bond acceptors (Lipinski definition) is 6. The van der Waals surface area contributed by atoms with Crippen molar-refractivity contribution in [2.75, 3.05) is 23.0 Å². The van der Waals surface area contributed by atoms with Crippen LogP contribution in [0.25, 0.3) is 0 Å². The number of anilines is 2. The molecule has 184 valence electrons. The molecule has 1 amide bonds. The molecule has 2 aromatic carbocycles. The molecule has 3 aromatic rings. The van der Waals surface area contributed by atoms with E-state index in [9.17, 15) is 4.79 Å². The molecule has 7 nitrogen and oxygen atoms in total. The van der Waals surface area contributed by atoms with Crippen molar-refractivity contribution in [3.05, 3.63) is 70.4 Å². The van der Waals surface area contributed by atoms with E-state index in [0.29, 0.717) is 23.3 Å². The van der Waals surface area contributed by atoms with Crippen LogP contribution >= 0.6 is 11.8 Å². The van der Waals surface area contributed by atoms with E-state index in [-0.39, 0.29) is 5.91 Å². The summed E-state index contributed by atoms with van der Waals surface area (Å²) in [5.74, 6) is 2.12. The SMILES string of the molecule is CCCOc1ccccc1C1C(C(=O)Nc2ccc(C)cc2C)=C(C)Nc2nc(SCCC)nn21. The molecule has 0 spiro atoms. The topological polar surface area (TPSA) is 81.1 Å². The van der Waals surface area contributed by atoms with Crippen LogP contribution in [0.15, 0.2) is 58.9 Å². The van der Waals surface area contributed by atoms with Gasteiger partial charge in [-0.3, -0.25) is 4.79 Å². The average molecular weight is 492 g/mol. The number of nitrogens with one attached hydrogen (secondary N) is 2. The predicted octanol–water partition coefficient (Wildman–Crippen LogP) is 6.11. The molecule has 1 unspecified atom stereocenters. The fraction of sp³-hybridized carbons (Fsp3) is 0.370. The number of aromatic nitrogens is 3. The lowest BCUT2D eigenvalue weighted by molar-refractivity contribution is -0.113. The lowest BCUT2D eigenvalue weighted by atomic mass is 9.94. The Hall–Kier alpha value is -3.26. The van der Waals surface area contributed by atoms with Crippen LogP contribution in [0.3, 0.4) is 0 Å². The zero-order chi connectivity index (χ0) is 24.9. The minimum atomic E-state index is -0.478. The largest absolute Gasteiger partial charge is 0.493 e. The molecule has 1 aliphatic rings. The summed E-state index contributed by atoms with van der Waals surface area (Å²) < 4.78 is 7.91. The van der Waals surface area contributed by atoms with Crippen molar-refractivity contribution in [2.45, 2.75) is 58.7 Å². The number of allylic oxidation sites excluding steroid dienone is 1. The second-order valence-corrected chi connectivity index (χ2v) is 9.80. The summed E-state index contributed by atoms with van der Waals surface area (Å²) in [7, 11) is 0. The van der Waals surface area contributed by atoms with E-state index in [1.807, 2.05) is 61.9 Å². The van der Waals surface area contributed by atoms with Gasteiger partial charge in [0.25, 0.3) is 5.91 Å². The number of aryl methyl sites for hydroxylation is 2. The van der Waals surface area contributed by atoms with E-state index in [0.717, 1.165) is 52.4 Å². The minimum absolute atomic E-state index is 0.179. The van der Waals surface area contributed by atoms with E-state index in [1.165, 1.54) is 0 Å². The third kappa shape index (κ3) is 5.37. The Morgan fingerprint density at radius 1 is 1.14 bits per heavy atom. The fourth-order valence-corrected chi connectivity index (χ4v) is 4.84. The molecule has 0 saturated heterocycles. The van der Waals surface area contributed by atoms with Crippen molar-refractivity contribution in [1.82, 2.24) is 14.8 Å². The van der Waals surface area contributed by atoms with Crippen LogP contribution in [0.1, 0.15) is 56.3 Å². The van der Waals surface area contributed by atoms with Gasteiger partial charge in [0, 0.05) is 22.7 Å². The number of para-hydroxylation sites is 1. The summed E-state index contributed by atoms with van der Waals surface area (Å²) in [5.41, 5.74) is 5.17. The molecule has 2 N–H and O–H groups in total. The standard InChI is InChI=1S/C27H33N5O2S/c1-6-14-34-22-11-9-8-10-20(22)24-23(25(33)29-21-13-12-17(3)16-18(21)4)19(5)28-26-30-27(31-32(24)26)35-15-7-2/h8-13,16,24H,6-7,14-15H2,1-5H3,(H,29,33)(H,28,30,31). The van der Waals surface area contributed by atoms with E-state index in [4.69, 9.17) is 14.8 Å². The maximum Gasteiger partial charge on any atom is 0.255 e. The second kappa shape index (κ2) is 11.0. The molecule has 0 aliphatic carbocycles. The third-order valence-corrected chi connectivity index (χ3v) is 6.86. The zero-order valence-corrected chi connectivity index (χ0v) is 21.8. The van der Waals surface area contributed by atoms with Gasteiger partial charge in [0.05, 0.1) is 12.2 Å². The van der Waals surface area contributed by atoms with Gasteiger partial charge in [-0.1, -0.05) is 61.5 Å². The molecule has 0 saturated carbocycles. The highest BCUT2D eigenvalue weighted by Crippen LogP contribution is 2.40. The molecule has 1 aromatic heterocycles. The van der Waals surface area contributed by atoms with Crippen molar-refractivity contribution in [2.24, 2.45) is 0 Å². The van der Waals surface area contributed by atoms with Crippen LogP contribution in [-0.2, 0) is 4.79 Å². The van der Waals surface area contributed by atoms with Crippen LogP contribution in [0, 0.1) is 13.8 Å². The number of rotatable bonds is 9. The van der Waals surface area contributed by atoms with Gasteiger partial charge in [-0.15, -0.1) is 5.10 Å². The van der Waals surface area contributed by atoms with Gasteiger partial charge in [0.2, 0.25) is 11.1 Å². The monoisotopic (exact) mass is 491 g/mol. The van der Waals surface area contributed by atoms with Crippen LogP contribution < -0.4 is 15.4 Å². The first-order chi connectivity index (χ1) is 16.9. The summed E-state index contributed by atoms with van der Waals surface area (Å²) >= 11 is 1.61. The first-order valence-corrected chi connectivity index (χ1v) is 13.1. The minimum Gasteiger partial charge on any atom is -0.493 e. The highest BCUT2D eigenvalue weighted by molar-refractivity contribution is 7.99. The van der Waals surface area contributed by atoms with Crippen LogP contribution in [-0.4, -0.2) is 33.0 Å². The van der Waals surface area contributed by atoms with E-state index in [2.05, 4.69) is 30.5 Å². The summed E-state index contributed by atoms with van der Waals surface area (Å²) in [6.07, 6.45) is 1.92. The molecule has 4 rings (SSSR count). The van der Waals surface area contributed by atoms with Gasteiger partial charge in [-0.05, 0) is 51.3 Å².